The molecule has 8 heteroatoms. The zero-order valence-electron chi connectivity index (χ0n) is 18.6. The number of hydrogen-bond donors (Lipinski definition) is 0. The summed E-state index contributed by atoms with van der Waals surface area (Å²) < 4.78 is 2.10. The van der Waals surface area contributed by atoms with Crippen LogP contribution in [0.1, 0.15) is 35.6 Å². The standard InChI is InChI=1S/C25H24N4O2S2/c1-3-11-29-24(31)20(33-25(29)32)14-19-22(26-21-16(2)7-6-12-28(21)23(19)30)27-13-10-17-8-4-5-9-18(17)15-27/h4-9,12,14H,3,10-11,13,15H2,1-2H3/b20-14-. The van der Waals surface area contributed by atoms with Gasteiger partial charge in [-0.2, -0.15) is 0 Å². The molecule has 2 aromatic heterocycles. The van der Waals surface area contributed by atoms with Crippen LogP contribution in [-0.4, -0.2) is 37.6 Å². The van der Waals surface area contributed by atoms with E-state index in [0.29, 0.717) is 39.3 Å². The van der Waals surface area contributed by atoms with Crippen molar-refractivity contribution in [3.63, 3.8) is 0 Å². The van der Waals surface area contributed by atoms with Crippen molar-refractivity contribution in [1.82, 2.24) is 14.3 Å². The molecule has 0 aliphatic carbocycles. The zero-order valence-corrected chi connectivity index (χ0v) is 20.2. The number of hydrogen-bond acceptors (Lipinski definition) is 6. The number of anilines is 1. The van der Waals surface area contributed by atoms with Crippen LogP contribution in [0.15, 0.2) is 52.3 Å². The van der Waals surface area contributed by atoms with Gasteiger partial charge in [-0.25, -0.2) is 4.98 Å². The van der Waals surface area contributed by atoms with Crippen molar-refractivity contribution in [2.24, 2.45) is 0 Å². The Kier molecular flexibility index (Phi) is 5.80. The van der Waals surface area contributed by atoms with Gasteiger partial charge >= 0.3 is 0 Å². The smallest absolute Gasteiger partial charge is 0.267 e. The summed E-state index contributed by atoms with van der Waals surface area (Å²) in [6.45, 7) is 5.96. The fraction of sp³-hybridized carbons (Fsp3) is 0.280. The molecule has 1 fully saturated rings. The van der Waals surface area contributed by atoms with Gasteiger partial charge in [-0.3, -0.25) is 18.9 Å². The van der Waals surface area contributed by atoms with Gasteiger partial charge in [0.1, 0.15) is 15.8 Å². The van der Waals surface area contributed by atoms with Gasteiger partial charge < -0.3 is 4.90 Å². The quantitative estimate of drug-likeness (QED) is 0.416. The van der Waals surface area contributed by atoms with Gasteiger partial charge in [0.05, 0.1) is 10.5 Å². The minimum atomic E-state index is -0.182. The second-order valence-corrected chi connectivity index (χ2v) is 9.99. The Labute approximate surface area is 201 Å². The number of aryl methyl sites for hydroxylation is 1. The number of carbonyl (C=O) groups is 1. The Hall–Kier alpha value is -2.97. The molecule has 0 atom stereocenters. The summed E-state index contributed by atoms with van der Waals surface area (Å²) in [4.78, 5) is 35.8. The number of thioether (sulfide) groups is 1. The molecule has 0 unspecified atom stereocenters. The summed E-state index contributed by atoms with van der Waals surface area (Å²) >= 11 is 6.68. The second kappa shape index (κ2) is 8.76. The average Bonchev–Trinajstić information content (AvgIpc) is 3.08. The van der Waals surface area contributed by atoms with Crippen LogP contribution < -0.4 is 10.5 Å². The molecule has 2 aliphatic heterocycles. The van der Waals surface area contributed by atoms with Crippen LogP contribution in [0.25, 0.3) is 11.7 Å². The molecule has 0 saturated carbocycles. The van der Waals surface area contributed by atoms with E-state index >= 15 is 0 Å². The van der Waals surface area contributed by atoms with Crippen LogP contribution in [0, 0.1) is 6.92 Å². The van der Waals surface area contributed by atoms with E-state index in [1.54, 1.807) is 21.6 Å². The van der Waals surface area contributed by atoms with Crippen molar-refractivity contribution in [2.45, 2.75) is 33.2 Å². The molecule has 1 amide bonds. The first-order chi connectivity index (χ1) is 16.0. The number of pyridine rings is 1. The van der Waals surface area contributed by atoms with Crippen LogP contribution in [0.2, 0.25) is 0 Å². The van der Waals surface area contributed by atoms with Crippen LogP contribution in [0.3, 0.4) is 0 Å². The lowest BCUT2D eigenvalue weighted by molar-refractivity contribution is -0.122. The number of amides is 1. The zero-order chi connectivity index (χ0) is 23.1. The molecule has 2 aliphatic rings. The van der Waals surface area contributed by atoms with Crippen molar-refractivity contribution < 1.29 is 4.79 Å². The van der Waals surface area contributed by atoms with E-state index in [1.807, 2.05) is 32.0 Å². The Morgan fingerprint density at radius 1 is 1.15 bits per heavy atom. The monoisotopic (exact) mass is 476 g/mol. The van der Waals surface area contributed by atoms with Gasteiger partial charge in [-0.05, 0) is 48.6 Å². The molecular weight excluding hydrogens is 452 g/mol. The van der Waals surface area contributed by atoms with Gasteiger partial charge in [0, 0.05) is 25.8 Å². The number of rotatable bonds is 4. The number of fused-ring (bicyclic) bond motifs is 2. The lowest BCUT2D eigenvalue weighted by Gasteiger charge is -2.31. The first-order valence-electron chi connectivity index (χ1n) is 11.1. The number of carbonyl (C=O) groups excluding carboxylic acids is 1. The highest BCUT2D eigenvalue weighted by atomic mass is 32.2. The molecule has 33 heavy (non-hydrogen) atoms. The molecule has 0 N–H and O–H groups in total. The van der Waals surface area contributed by atoms with Gasteiger partial charge in [0.25, 0.3) is 11.5 Å². The van der Waals surface area contributed by atoms with Crippen LogP contribution in [0.5, 0.6) is 0 Å². The lowest BCUT2D eigenvalue weighted by Crippen LogP contribution is -2.34. The molecule has 1 aromatic carbocycles. The molecule has 168 valence electrons. The van der Waals surface area contributed by atoms with E-state index in [0.717, 1.165) is 24.9 Å². The van der Waals surface area contributed by atoms with Gasteiger partial charge in [-0.1, -0.05) is 61.2 Å². The highest BCUT2D eigenvalue weighted by Gasteiger charge is 2.32. The second-order valence-electron chi connectivity index (χ2n) is 8.31. The number of benzene rings is 1. The molecule has 0 spiro atoms. The first-order valence-corrected chi connectivity index (χ1v) is 12.3. The van der Waals surface area contributed by atoms with Crippen LogP contribution in [0.4, 0.5) is 5.82 Å². The van der Waals surface area contributed by atoms with E-state index in [1.165, 1.54) is 22.9 Å². The predicted molar refractivity (Wildman–Crippen MR) is 138 cm³/mol. The van der Waals surface area contributed by atoms with Crippen molar-refractivity contribution in [3.8, 4) is 0 Å². The summed E-state index contributed by atoms with van der Waals surface area (Å²) in [5.74, 6) is 0.472. The first kappa shape index (κ1) is 21.9. The van der Waals surface area contributed by atoms with E-state index in [-0.39, 0.29) is 11.5 Å². The van der Waals surface area contributed by atoms with Gasteiger partial charge in [0.2, 0.25) is 0 Å². The third-order valence-electron chi connectivity index (χ3n) is 6.09. The average molecular weight is 477 g/mol. The Morgan fingerprint density at radius 2 is 1.94 bits per heavy atom. The van der Waals surface area contributed by atoms with E-state index < -0.39 is 0 Å². The molecule has 5 rings (SSSR count). The van der Waals surface area contributed by atoms with Crippen molar-refractivity contribution in [1.29, 1.82) is 0 Å². The normalized spacial score (nSPS) is 17.3. The molecule has 0 bridgehead atoms. The van der Waals surface area contributed by atoms with Crippen LogP contribution in [-0.2, 0) is 17.8 Å². The number of nitrogens with zero attached hydrogens (tertiary/aromatic N) is 4. The number of aromatic nitrogens is 2. The predicted octanol–water partition coefficient (Wildman–Crippen LogP) is 4.18. The maximum absolute atomic E-state index is 13.7. The van der Waals surface area contributed by atoms with Gasteiger partial charge in [0.15, 0.2) is 0 Å². The molecule has 6 nitrogen and oxygen atoms in total. The minimum Gasteiger partial charge on any atom is -0.351 e. The number of thiocarbonyl (C=S) groups is 1. The third-order valence-corrected chi connectivity index (χ3v) is 7.47. The van der Waals surface area contributed by atoms with Gasteiger partial charge in [-0.15, -0.1) is 0 Å². The van der Waals surface area contributed by atoms with E-state index in [9.17, 15) is 9.59 Å². The molecule has 4 heterocycles. The highest BCUT2D eigenvalue weighted by Crippen LogP contribution is 2.34. The molecular formula is C25H24N4O2S2. The fourth-order valence-electron chi connectivity index (χ4n) is 4.39. The fourth-order valence-corrected chi connectivity index (χ4v) is 5.68. The summed E-state index contributed by atoms with van der Waals surface area (Å²) in [5, 5.41) is 0. The summed E-state index contributed by atoms with van der Waals surface area (Å²) in [7, 11) is 0. The van der Waals surface area contributed by atoms with Crippen molar-refractivity contribution in [3.05, 3.63) is 80.1 Å². The SMILES string of the molecule is CCCN1C(=O)/C(=C/c2c(N3CCc4ccccc4C3)nc3c(C)cccn3c2=O)SC1=S. The molecule has 3 aromatic rings. The summed E-state index contributed by atoms with van der Waals surface area (Å²) in [6.07, 6.45) is 5.11. The minimum absolute atomic E-state index is 0.143. The van der Waals surface area contributed by atoms with E-state index in [2.05, 4.69) is 23.1 Å². The maximum atomic E-state index is 13.7. The Morgan fingerprint density at radius 3 is 2.73 bits per heavy atom. The molecule has 1 saturated heterocycles. The van der Waals surface area contributed by atoms with Crippen molar-refractivity contribution in [2.75, 3.05) is 18.0 Å². The summed E-state index contributed by atoms with van der Waals surface area (Å²) in [6, 6.07) is 12.2. The Balaban J connectivity index is 1.67. The maximum Gasteiger partial charge on any atom is 0.267 e. The third kappa shape index (κ3) is 3.87. The lowest BCUT2D eigenvalue weighted by atomic mass is 9.99. The van der Waals surface area contributed by atoms with Crippen molar-refractivity contribution >= 4 is 51.7 Å². The Bertz CT molecular complexity index is 1380. The topological polar surface area (TPSA) is 57.9 Å². The largest absolute Gasteiger partial charge is 0.351 e. The summed E-state index contributed by atoms with van der Waals surface area (Å²) in [5.41, 5.74) is 4.36. The molecule has 0 radical (unpaired) electrons. The van der Waals surface area contributed by atoms with E-state index in [4.69, 9.17) is 17.2 Å². The highest BCUT2D eigenvalue weighted by molar-refractivity contribution is 8.26. The van der Waals surface area contributed by atoms with Crippen LogP contribution >= 0.6 is 24.0 Å².